The predicted molar refractivity (Wildman–Crippen MR) is 88.1 cm³/mol. The fourth-order valence-electron chi connectivity index (χ4n) is 2.27. The van der Waals surface area contributed by atoms with Gasteiger partial charge in [-0.2, -0.15) is 4.98 Å². The van der Waals surface area contributed by atoms with Gasteiger partial charge in [-0.1, -0.05) is 0 Å². The predicted octanol–water partition coefficient (Wildman–Crippen LogP) is 1.08. The summed E-state index contributed by atoms with van der Waals surface area (Å²) in [4.78, 5) is 8.74. The molecule has 128 valence electrons. The lowest BCUT2D eigenvalue weighted by atomic mass is 10.2. The van der Waals surface area contributed by atoms with Gasteiger partial charge in [0.1, 0.15) is 13.2 Å². The van der Waals surface area contributed by atoms with Crippen molar-refractivity contribution in [2.75, 3.05) is 38.8 Å². The molecule has 0 aliphatic carbocycles. The van der Waals surface area contributed by atoms with Crippen LogP contribution in [0.1, 0.15) is 5.69 Å². The Labute approximate surface area is 139 Å². The Bertz CT molecular complexity index is 696. The molecule has 0 saturated carbocycles. The third-order valence-electron chi connectivity index (χ3n) is 3.36. The molecule has 0 spiro atoms. The Morgan fingerprint density at radius 1 is 1.17 bits per heavy atom. The van der Waals surface area contributed by atoms with Crippen LogP contribution in [0.5, 0.6) is 17.4 Å². The van der Waals surface area contributed by atoms with Crippen molar-refractivity contribution in [3.8, 4) is 17.4 Å². The molecule has 0 radical (unpaired) electrons. The van der Waals surface area contributed by atoms with E-state index in [9.17, 15) is 0 Å². The fraction of sp³-hybridized carbons (Fsp3) is 0.375. The second kappa shape index (κ2) is 7.80. The maximum Gasteiger partial charge on any atom is 0.230 e. The number of hydrogen-bond donors (Lipinski definition) is 3. The first kappa shape index (κ1) is 16.3. The molecule has 1 aromatic heterocycles. The zero-order chi connectivity index (χ0) is 16.8. The van der Waals surface area contributed by atoms with Crippen LogP contribution >= 0.6 is 0 Å². The standard InChI is InChI=1S/C16H20N4O4/c1-22-15-9-12(10-17-4-5-21)19-16(20-15)18-11-2-3-13-14(8-11)24-7-6-23-13/h2-3,8-9,17,21H,4-7,10H2,1H3,(H,18,19,20). The quantitative estimate of drug-likeness (QED) is 0.648. The van der Waals surface area contributed by atoms with E-state index in [-0.39, 0.29) is 6.61 Å². The van der Waals surface area contributed by atoms with Gasteiger partial charge >= 0.3 is 0 Å². The summed E-state index contributed by atoms with van der Waals surface area (Å²) in [7, 11) is 1.56. The molecule has 0 bridgehead atoms. The lowest BCUT2D eigenvalue weighted by Gasteiger charge is -2.19. The summed E-state index contributed by atoms with van der Waals surface area (Å²) in [5, 5.41) is 15.1. The molecule has 24 heavy (non-hydrogen) atoms. The molecule has 1 aromatic carbocycles. The highest BCUT2D eigenvalue weighted by Crippen LogP contribution is 2.33. The molecule has 3 N–H and O–H groups in total. The summed E-state index contributed by atoms with van der Waals surface area (Å²) in [6.07, 6.45) is 0. The SMILES string of the molecule is COc1cc(CNCCO)nc(Nc2ccc3c(c2)OCCO3)n1. The molecular weight excluding hydrogens is 312 g/mol. The van der Waals surface area contributed by atoms with Gasteiger partial charge in [0, 0.05) is 30.9 Å². The van der Waals surface area contributed by atoms with Gasteiger partial charge < -0.3 is 30.0 Å². The van der Waals surface area contributed by atoms with Gasteiger partial charge in [0.05, 0.1) is 19.4 Å². The van der Waals surface area contributed by atoms with E-state index in [4.69, 9.17) is 19.3 Å². The molecule has 0 atom stereocenters. The van der Waals surface area contributed by atoms with E-state index < -0.39 is 0 Å². The van der Waals surface area contributed by atoms with Crippen LogP contribution in [0.3, 0.4) is 0 Å². The molecule has 0 saturated heterocycles. The molecule has 8 heteroatoms. The van der Waals surface area contributed by atoms with Gasteiger partial charge in [-0.05, 0) is 12.1 Å². The van der Waals surface area contributed by atoms with Crippen LogP contribution < -0.4 is 24.8 Å². The average molecular weight is 332 g/mol. The number of nitrogens with zero attached hydrogens (tertiary/aromatic N) is 2. The Morgan fingerprint density at radius 2 is 2.00 bits per heavy atom. The summed E-state index contributed by atoms with van der Waals surface area (Å²) < 4.78 is 16.3. The molecule has 0 unspecified atom stereocenters. The van der Waals surface area contributed by atoms with Crippen molar-refractivity contribution in [3.05, 3.63) is 30.0 Å². The summed E-state index contributed by atoms with van der Waals surface area (Å²) in [5.74, 6) is 2.31. The van der Waals surface area contributed by atoms with Crippen molar-refractivity contribution in [1.82, 2.24) is 15.3 Å². The van der Waals surface area contributed by atoms with E-state index in [1.807, 2.05) is 18.2 Å². The number of hydrogen-bond acceptors (Lipinski definition) is 8. The number of aliphatic hydroxyl groups is 1. The molecule has 2 heterocycles. The Balaban J connectivity index is 1.77. The lowest BCUT2D eigenvalue weighted by molar-refractivity contribution is 0.171. The second-order valence-corrected chi connectivity index (χ2v) is 5.11. The van der Waals surface area contributed by atoms with E-state index in [2.05, 4.69) is 20.6 Å². The van der Waals surface area contributed by atoms with Crippen molar-refractivity contribution >= 4 is 11.6 Å². The number of anilines is 2. The first-order valence-corrected chi connectivity index (χ1v) is 7.68. The van der Waals surface area contributed by atoms with Gasteiger partial charge in [0.25, 0.3) is 0 Å². The lowest BCUT2D eigenvalue weighted by Crippen LogP contribution is -2.18. The summed E-state index contributed by atoms with van der Waals surface area (Å²) in [6.45, 7) is 2.17. The average Bonchev–Trinajstić information content (AvgIpc) is 2.61. The van der Waals surface area contributed by atoms with Crippen molar-refractivity contribution < 1.29 is 19.3 Å². The number of aliphatic hydroxyl groups excluding tert-OH is 1. The topological polar surface area (TPSA) is 97.8 Å². The third-order valence-corrected chi connectivity index (χ3v) is 3.36. The molecule has 1 aliphatic rings. The zero-order valence-corrected chi connectivity index (χ0v) is 13.4. The van der Waals surface area contributed by atoms with Crippen LogP contribution in [0.15, 0.2) is 24.3 Å². The minimum atomic E-state index is 0.0739. The van der Waals surface area contributed by atoms with Crippen LogP contribution in [0, 0.1) is 0 Å². The minimum Gasteiger partial charge on any atom is -0.486 e. The molecule has 8 nitrogen and oxygen atoms in total. The second-order valence-electron chi connectivity index (χ2n) is 5.11. The maximum absolute atomic E-state index is 8.84. The van der Waals surface area contributed by atoms with Crippen LogP contribution in [0.4, 0.5) is 11.6 Å². The third kappa shape index (κ3) is 4.03. The number of benzene rings is 1. The minimum absolute atomic E-state index is 0.0739. The molecule has 0 fully saturated rings. The van der Waals surface area contributed by atoms with E-state index in [0.717, 1.165) is 17.1 Å². The number of nitrogens with one attached hydrogen (secondary N) is 2. The van der Waals surface area contributed by atoms with E-state index >= 15 is 0 Å². The Kier molecular flexibility index (Phi) is 5.29. The highest BCUT2D eigenvalue weighted by molar-refractivity contribution is 5.60. The van der Waals surface area contributed by atoms with Crippen molar-refractivity contribution in [2.45, 2.75) is 6.54 Å². The number of fused-ring (bicyclic) bond motifs is 1. The zero-order valence-electron chi connectivity index (χ0n) is 13.4. The van der Waals surface area contributed by atoms with Crippen LogP contribution in [0.25, 0.3) is 0 Å². The van der Waals surface area contributed by atoms with Gasteiger partial charge in [-0.25, -0.2) is 4.98 Å². The molecule has 3 rings (SSSR count). The first-order chi connectivity index (χ1) is 11.8. The summed E-state index contributed by atoms with van der Waals surface area (Å²) >= 11 is 0. The normalized spacial score (nSPS) is 12.8. The van der Waals surface area contributed by atoms with E-state index in [1.165, 1.54) is 0 Å². The van der Waals surface area contributed by atoms with Crippen molar-refractivity contribution in [1.29, 1.82) is 0 Å². The molecular formula is C16H20N4O4. The monoisotopic (exact) mass is 332 g/mol. The number of rotatable bonds is 7. The summed E-state index contributed by atoms with van der Waals surface area (Å²) in [5.41, 5.74) is 1.55. The Hall–Kier alpha value is -2.58. The molecule has 2 aromatic rings. The van der Waals surface area contributed by atoms with Crippen LogP contribution in [0.2, 0.25) is 0 Å². The molecule has 0 amide bonds. The fourth-order valence-corrected chi connectivity index (χ4v) is 2.27. The summed E-state index contributed by atoms with van der Waals surface area (Å²) in [6, 6.07) is 7.32. The number of methoxy groups -OCH3 is 1. The smallest absolute Gasteiger partial charge is 0.230 e. The van der Waals surface area contributed by atoms with Gasteiger partial charge in [0.15, 0.2) is 11.5 Å². The van der Waals surface area contributed by atoms with Gasteiger partial charge in [-0.3, -0.25) is 0 Å². The van der Waals surface area contributed by atoms with Crippen LogP contribution in [-0.2, 0) is 6.54 Å². The van der Waals surface area contributed by atoms with E-state index in [0.29, 0.717) is 43.9 Å². The van der Waals surface area contributed by atoms with Gasteiger partial charge in [-0.15, -0.1) is 0 Å². The van der Waals surface area contributed by atoms with Gasteiger partial charge in [0.2, 0.25) is 11.8 Å². The highest BCUT2D eigenvalue weighted by atomic mass is 16.6. The van der Waals surface area contributed by atoms with E-state index in [1.54, 1.807) is 13.2 Å². The number of aromatic nitrogens is 2. The number of ether oxygens (including phenoxy) is 3. The van der Waals surface area contributed by atoms with Crippen molar-refractivity contribution in [3.63, 3.8) is 0 Å². The van der Waals surface area contributed by atoms with Crippen LogP contribution in [-0.4, -0.2) is 48.5 Å². The Morgan fingerprint density at radius 3 is 2.79 bits per heavy atom. The van der Waals surface area contributed by atoms with Crippen molar-refractivity contribution in [2.24, 2.45) is 0 Å². The highest BCUT2D eigenvalue weighted by Gasteiger charge is 2.12. The first-order valence-electron chi connectivity index (χ1n) is 7.68. The maximum atomic E-state index is 8.84. The largest absolute Gasteiger partial charge is 0.486 e. The molecule has 1 aliphatic heterocycles.